The second-order valence-electron chi connectivity index (χ2n) is 6.10. The van der Waals surface area contributed by atoms with Gasteiger partial charge in [0.2, 0.25) is 0 Å². The van der Waals surface area contributed by atoms with Gasteiger partial charge in [0.1, 0.15) is 11.8 Å². The Balaban J connectivity index is 1.73. The van der Waals surface area contributed by atoms with Crippen LogP contribution in [0, 0.1) is 18.3 Å². The van der Waals surface area contributed by atoms with Crippen molar-refractivity contribution in [3.8, 4) is 6.07 Å². The van der Waals surface area contributed by atoms with Crippen LogP contribution in [0.1, 0.15) is 24.6 Å². The Morgan fingerprint density at radius 1 is 1.50 bits per heavy atom. The molecule has 0 bridgehead atoms. The molecule has 2 aliphatic heterocycles. The number of aromatic nitrogens is 2. The molecule has 12 heteroatoms. The molecule has 2 fully saturated rings. The molecule has 1 spiro atoms. The summed E-state index contributed by atoms with van der Waals surface area (Å²) in [5.74, 6) is 0. The van der Waals surface area contributed by atoms with Gasteiger partial charge in [-0.05, 0) is 6.92 Å². The van der Waals surface area contributed by atoms with Crippen molar-refractivity contribution in [2.75, 3.05) is 19.8 Å². The lowest BCUT2D eigenvalue weighted by Gasteiger charge is -2.37. The lowest BCUT2D eigenvalue weighted by Crippen LogP contribution is -2.50. The lowest BCUT2D eigenvalue weighted by molar-refractivity contribution is -0.166. The number of phosphoric ester groups is 1. The Morgan fingerprint density at radius 3 is 2.85 bits per heavy atom. The fourth-order valence-corrected chi connectivity index (χ4v) is 4.06. The van der Waals surface area contributed by atoms with E-state index in [1.807, 2.05) is 6.07 Å². The zero-order valence-corrected chi connectivity index (χ0v) is 14.8. The number of nitrogens with one attached hydrogen (secondary N) is 1. The van der Waals surface area contributed by atoms with E-state index in [2.05, 4.69) is 4.98 Å². The number of rotatable bonds is 4. The van der Waals surface area contributed by atoms with Crippen LogP contribution in [0.15, 0.2) is 15.8 Å². The highest BCUT2D eigenvalue weighted by atomic mass is 31.2. The highest BCUT2D eigenvalue weighted by Gasteiger charge is 2.55. The van der Waals surface area contributed by atoms with Gasteiger partial charge in [-0.25, -0.2) is 9.36 Å². The van der Waals surface area contributed by atoms with Crippen molar-refractivity contribution in [3.63, 3.8) is 0 Å². The van der Waals surface area contributed by atoms with E-state index in [-0.39, 0.29) is 32.7 Å². The zero-order valence-electron chi connectivity index (χ0n) is 13.9. The van der Waals surface area contributed by atoms with Crippen molar-refractivity contribution < 1.29 is 28.0 Å². The Kier molecular flexibility index (Phi) is 5.16. The van der Waals surface area contributed by atoms with E-state index < -0.39 is 37.0 Å². The van der Waals surface area contributed by atoms with E-state index in [0.29, 0.717) is 5.56 Å². The maximum absolute atomic E-state index is 12.2. The summed E-state index contributed by atoms with van der Waals surface area (Å²) in [7, 11) is -3.82. The number of ether oxygens (including phenoxy) is 1. The molecule has 2 saturated heterocycles. The summed E-state index contributed by atoms with van der Waals surface area (Å²) in [6.45, 7) is 0.883. The lowest BCUT2D eigenvalue weighted by atomic mass is 9.99. The van der Waals surface area contributed by atoms with Crippen molar-refractivity contribution in [1.29, 1.82) is 5.26 Å². The SMILES string of the molecule is Cc1cn([C@H]2CC(O)C3(COP(=O)(OCCC#N)OC3)O2)c(=O)[nH]c1=O. The highest BCUT2D eigenvalue weighted by Crippen LogP contribution is 2.56. The monoisotopic (exact) mass is 387 g/mol. The molecule has 0 saturated carbocycles. The van der Waals surface area contributed by atoms with Crippen molar-refractivity contribution in [2.45, 2.75) is 37.7 Å². The molecule has 0 radical (unpaired) electrons. The summed E-state index contributed by atoms with van der Waals surface area (Å²) >= 11 is 0. The Bertz CT molecular complexity index is 875. The second kappa shape index (κ2) is 7.08. The molecule has 1 aromatic heterocycles. The molecule has 3 heterocycles. The first-order chi connectivity index (χ1) is 12.3. The van der Waals surface area contributed by atoms with Crippen molar-refractivity contribution in [1.82, 2.24) is 9.55 Å². The molecule has 2 atom stereocenters. The molecule has 142 valence electrons. The van der Waals surface area contributed by atoms with Crippen molar-refractivity contribution >= 4 is 7.82 Å². The van der Waals surface area contributed by atoms with Crippen LogP contribution >= 0.6 is 7.82 Å². The molecule has 0 aromatic carbocycles. The standard InChI is InChI=1S/C14H18N3O8P/c1-9-6-17(13(20)16-12(9)19)11-5-10(18)14(25-11)7-23-26(21,24-8-14)22-4-2-3-15/h6,10-11,18H,2,4-5,7-8H2,1H3,(H,16,19,20)/t10?,11-,14?,26?/m1/s1. The van der Waals surface area contributed by atoms with Gasteiger partial charge < -0.3 is 9.84 Å². The van der Waals surface area contributed by atoms with Crippen molar-refractivity contribution in [2.24, 2.45) is 0 Å². The van der Waals surface area contributed by atoms with Gasteiger partial charge in [0, 0.05) is 18.2 Å². The summed E-state index contributed by atoms with van der Waals surface area (Å²) in [6.07, 6.45) is -0.482. The predicted octanol–water partition coefficient (Wildman–Crippen LogP) is -0.0512. The van der Waals surface area contributed by atoms with Gasteiger partial charge in [0.25, 0.3) is 5.56 Å². The quantitative estimate of drug-likeness (QED) is 0.535. The van der Waals surface area contributed by atoms with E-state index in [4.69, 9.17) is 23.6 Å². The van der Waals surface area contributed by atoms with Gasteiger partial charge in [-0.15, -0.1) is 0 Å². The number of nitriles is 1. The summed E-state index contributed by atoms with van der Waals surface area (Å²) in [6, 6.07) is 1.84. The first-order valence-corrected chi connectivity index (χ1v) is 9.33. The first-order valence-electron chi connectivity index (χ1n) is 7.87. The minimum absolute atomic E-state index is 0.0253. The summed E-state index contributed by atoms with van der Waals surface area (Å²) in [5, 5.41) is 18.9. The maximum atomic E-state index is 12.2. The Hall–Kier alpha value is -1.80. The zero-order chi connectivity index (χ0) is 18.9. The molecule has 1 aromatic rings. The second-order valence-corrected chi connectivity index (χ2v) is 7.77. The van der Waals surface area contributed by atoms with Crippen LogP contribution in [0.4, 0.5) is 0 Å². The number of aliphatic hydroxyl groups is 1. The minimum atomic E-state index is -3.82. The highest BCUT2D eigenvalue weighted by molar-refractivity contribution is 7.48. The number of hydrogen-bond acceptors (Lipinski definition) is 9. The number of hydrogen-bond donors (Lipinski definition) is 2. The van der Waals surface area contributed by atoms with Gasteiger partial charge in [-0.1, -0.05) is 0 Å². The van der Waals surface area contributed by atoms with Gasteiger partial charge in [0.15, 0.2) is 0 Å². The molecule has 2 N–H and O–H groups in total. The smallest absolute Gasteiger partial charge is 0.390 e. The van der Waals surface area contributed by atoms with Crippen LogP contribution in [-0.2, 0) is 22.9 Å². The largest absolute Gasteiger partial charge is 0.475 e. The predicted molar refractivity (Wildman–Crippen MR) is 85.2 cm³/mol. The third-order valence-corrected chi connectivity index (χ3v) is 5.65. The molecule has 3 rings (SSSR count). The Morgan fingerprint density at radius 2 is 2.19 bits per heavy atom. The van der Waals surface area contributed by atoms with Gasteiger partial charge in [-0.2, -0.15) is 5.26 Å². The molecule has 0 aliphatic carbocycles. The van der Waals surface area contributed by atoms with E-state index in [0.717, 1.165) is 0 Å². The van der Waals surface area contributed by atoms with Crippen LogP contribution < -0.4 is 11.2 Å². The maximum Gasteiger partial charge on any atom is 0.475 e. The first kappa shape index (κ1) is 19.0. The van der Waals surface area contributed by atoms with Crippen LogP contribution in [0.25, 0.3) is 0 Å². The minimum Gasteiger partial charge on any atom is -0.390 e. The molecular weight excluding hydrogens is 369 g/mol. The van der Waals surface area contributed by atoms with E-state index in [9.17, 15) is 19.3 Å². The Labute approximate surface area is 147 Å². The van der Waals surface area contributed by atoms with E-state index in [1.54, 1.807) is 0 Å². The van der Waals surface area contributed by atoms with Crippen LogP contribution in [-0.4, -0.2) is 46.2 Å². The number of H-pyrrole nitrogens is 1. The number of aliphatic hydroxyl groups excluding tert-OH is 1. The molecule has 2 aliphatic rings. The number of aromatic amines is 1. The number of nitrogens with zero attached hydrogens (tertiary/aromatic N) is 2. The summed E-state index contributed by atoms with van der Waals surface area (Å²) < 4.78 is 34.5. The third kappa shape index (κ3) is 3.53. The normalized spacial score (nSPS) is 34.0. The molecular formula is C14H18N3O8P. The summed E-state index contributed by atoms with van der Waals surface area (Å²) in [5.41, 5.74) is -2.17. The van der Waals surface area contributed by atoms with E-state index >= 15 is 0 Å². The fraction of sp³-hybridized carbons (Fsp3) is 0.643. The number of phosphoric acid groups is 1. The van der Waals surface area contributed by atoms with Crippen LogP contribution in [0.3, 0.4) is 0 Å². The topological polar surface area (TPSA) is 153 Å². The molecule has 26 heavy (non-hydrogen) atoms. The van der Waals surface area contributed by atoms with Gasteiger partial charge in [0.05, 0.1) is 38.4 Å². The van der Waals surface area contributed by atoms with Crippen molar-refractivity contribution in [3.05, 3.63) is 32.6 Å². The molecule has 0 amide bonds. The van der Waals surface area contributed by atoms with Crippen LogP contribution in [0.5, 0.6) is 0 Å². The van der Waals surface area contributed by atoms with Crippen LogP contribution in [0.2, 0.25) is 0 Å². The summed E-state index contributed by atoms with van der Waals surface area (Å²) in [4.78, 5) is 25.7. The average molecular weight is 387 g/mol. The van der Waals surface area contributed by atoms with Gasteiger partial charge in [-0.3, -0.25) is 27.9 Å². The van der Waals surface area contributed by atoms with Gasteiger partial charge >= 0.3 is 13.5 Å². The fourth-order valence-electron chi connectivity index (χ4n) is 2.77. The van der Waals surface area contributed by atoms with E-state index in [1.165, 1.54) is 17.7 Å². The molecule has 1 unspecified atom stereocenters. The average Bonchev–Trinajstić information content (AvgIpc) is 2.91. The molecule has 11 nitrogen and oxygen atoms in total. The number of aryl methyl sites for hydroxylation is 1. The third-order valence-electron chi connectivity index (χ3n) is 4.26.